The average Bonchev–Trinajstić information content (AvgIpc) is 2.60. The van der Waals surface area contributed by atoms with Crippen LogP contribution in [0.2, 0.25) is 0 Å². The first-order chi connectivity index (χ1) is 13.0. The molecule has 0 unspecified atom stereocenters. The smallest absolute Gasteiger partial charge is 0.407 e. The molecule has 7 nitrogen and oxygen atoms in total. The zero-order chi connectivity index (χ0) is 20.9. The predicted molar refractivity (Wildman–Crippen MR) is 108 cm³/mol. The standard InChI is InChI=1S/C20H32N2O5S/c1-6-26-18-11-10-17(13-15(18)2)28(24,25)22-12-8-7-9-16(22)14-21-19(23)27-20(3,4)5/h10-11,13,16H,6-9,12,14H2,1-5H3,(H,21,23)/t16-/m0/s1. The summed E-state index contributed by atoms with van der Waals surface area (Å²) in [5.41, 5.74) is 0.186. The summed E-state index contributed by atoms with van der Waals surface area (Å²) in [4.78, 5) is 12.2. The normalized spacial score (nSPS) is 18.5. The van der Waals surface area contributed by atoms with E-state index in [1.165, 1.54) is 4.31 Å². The van der Waals surface area contributed by atoms with Gasteiger partial charge in [0.1, 0.15) is 11.4 Å². The number of aryl methyl sites for hydroxylation is 1. The molecule has 1 aliphatic rings. The van der Waals surface area contributed by atoms with E-state index in [1.807, 2.05) is 13.8 Å². The van der Waals surface area contributed by atoms with Crippen molar-refractivity contribution in [2.45, 2.75) is 70.4 Å². The number of nitrogens with zero attached hydrogens (tertiary/aromatic N) is 1. The molecule has 158 valence electrons. The summed E-state index contributed by atoms with van der Waals surface area (Å²) in [6.45, 7) is 10.3. The molecule has 1 aromatic carbocycles. The van der Waals surface area contributed by atoms with E-state index in [0.29, 0.717) is 25.3 Å². The van der Waals surface area contributed by atoms with Gasteiger partial charge in [-0.15, -0.1) is 0 Å². The maximum Gasteiger partial charge on any atom is 0.407 e. The van der Waals surface area contributed by atoms with Crippen molar-refractivity contribution < 1.29 is 22.7 Å². The van der Waals surface area contributed by atoms with E-state index in [1.54, 1.807) is 39.0 Å². The van der Waals surface area contributed by atoms with Gasteiger partial charge in [-0.1, -0.05) is 6.42 Å². The van der Waals surface area contributed by atoms with Crippen molar-refractivity contribution in [2.24, 2.45) is 0 Å². The van der Waals surface area contributed by atoms with Crippen LogP contribution in [0.25, 0.3) is 0 Å². The lowest BCUT2D eigenvalue weighted by atomic mass is 10.1. The summed E-state index contributed by atoms with van der Waals surface area (Å²) in [5.74, 6) is 0.684. The molecule has 1 amide bonds. The Morgan fingerprint density at radius 1 is 1.29 bits per heavy atom. The van der Waals surface area contributed by atoms with Crippen LogP contribution in [0.5, 0.6) is 5.75 Å². The van der Waals surface area contributed by atoms with Gasteiger partial charge in [-0.3, -0.25) is 0 Å². The highest BCUT2D eigenvalue weighted by molar-refractivity contribution is 7.89. The lowest BCUT2D eigenvalue weighted by molar-refractivity contribution is 0.0512. The quantitative estimate of drug-likeness (QED) is 0.773. The van der Waals surface area contributed by atoms with Crippen LogP contribution in [-0.2, 0) is 14.8 Å². The van der Waals surface area contributed by atoms with Crippen LogP contribution >= 0.6 is 0 Å². The van der Waals surface area contributed by atoms with E-state index >= 15 is 0 Å². The highest BCUT2D eigenvalue weighted by atomic mass is 32.2. The van der Waals surface area contributed by atoms with E-state index in [-0.39, 0.29) is 17.5 Å². The fraction of sp³-hybridized carbons (Fsp3) is 0.650. The number of hydrogen-bond donors (Lipinski definition) is 1. The van der Waals surface area contributed by atoms with Crippen molar-refractivity contribution in [3.8, 4) is 5.75 Å². The van der Waals surface area contributed by atoms with E-state index in [2.05, 4.69) is 5.32 Å². The third-order valence-electron chi connectivity index (χ3n) is 4.51. The molecule has 0 saturated carbocycles. The number of hydrogen-bond acceptors (Lipinski definition) is 5. The first kappa shape index (κ1) is 22.5. The minimum atomic E-state index is -3.66. The second-order valence-electron chi connectivity index (χ2n) is 8.01. The van der Waals surface area contributed by atoms with Gasteiger partial charge < -0.3 is 14.8 Å². The molecule has 0 bridgehead atoms. The second kappa shape index (κ2) is 9.13. The van der Waals surface area contributed by atoms with Gasteiger partial charge in [0.05, 0.1) is 11.5 Å². The van der Waals surface area contributed by atoms with E-state index in [0.717, 1.165) is 18.4 Å². The minimum absolute atomic E-state index is 0.226. The Balaban J connectivity index is 2.15. The molecule has 1 saturated heterocycles. The number of alkyl carbamates (subject to hydrolysis) is 1. The summed E-state index contributed by atoms with van der Waals surface area (Å²) in [5, 5.41) is 2.71. The molecule has 1 aromatic rings. The molecule has 0 aromatic heterocycles. The van der Waals surface area contributed by atoms with E-state index in [4.69, 9.17) is 9.47 Å². The number of ether oxygens (including phenoxy) is 2. The molecular weight excluding hydrogens is 380 g/mol. The predicted octanol–water partition coefficient (Wildman–Crippen LogP) is 3.46. The van der Waals surface area contributed by atoms with Gasteiger partial charge in [0.2, 0.25) is 10.0 Å². The third kappa shape index (κ3) is 5.85. The van der Waals surface area contributed by atoms with Crippen molar-refractivity contribution in [1.82, 2.24) is 9.62 Å². The summed E-state index contributed by atoms with van der Waals surface area (Å²) in [6.07, 6.45) is 1.89. The molecule has 1 N–H and O–H groups in total. The number of piperidine rings is 1. The first-order valence-corrected chi connectivity index (χ1v) is 11.2. The maximum absolute atomic E-state index is 13.2. The van der Waals surface area contributed by atoms with Crippen molar-refractivity contribution in [3.63, 3.8) is 0 Å². The Bertz CT molecular complexity index is 786. The van der Waals surface area contributed by atoms with Crippen LogP contribution in [0.1, 0.15) is 52.5 Å². The molecule has 1 fully saturated rings. The second-order valence-corrected chi connectivity index (χ2v) is 9.90. The van der Waals surface area contributed by atoms with Gasteiger partial charge in [-0.25, -0.2) is 13.2 Å². The van der Waals surface area contributed by atoms with Crippen LogP contribution in [0, 0.1) is 6.92 Å². The molecule has 0 aliphatic carbocycles. The third-order valence-corrected chi connectivity index (χ3v) is 6.45. The summed E-state index contributed by atoms with van der Waals surface area (Å²) in [6, 6.07) is 4.63. The van der Waals surface area contributed by atoms with Crippen molar-refractivity contribution >= 4 is 16.1 Å². The van der Waals surface area contributed by atoms with Crippen molar-refractivity contribution in [1.29, 1.82) is 0 Å². The number of rotatable bonds is 6. The molecule has 2 rings (SSSR count). The van der Waals surface area contributed by atoms with Gasteiger partial charge in [-0.05, 0) is 71.2 Å². The Kier molecular flexibility index (Phi) is 7.33. The fourth-order valence-electron chi connectivity index (χ4n) is 3.24. The number of carbonyl (C=O) groups excluding carboxylic acids is 1. The highest BCUT2D eigenvalue weighted by Gasteiger charge is 2.34. The molecule has 0 spiro atoms. The zero-order valence-electron chi connectivity index (χ0n) is 17.4. The van der Waals surface area contributed by atoms with Crippen LogP contribution in [0.3, 0.4) is 0 Å². The molecule has 1 heterocycles. The summed E-state index contributed by atoms with van der Waals surface area (Å²) < 4.78 is 38.7. The average molecular weight is 413 g/mol. The van der Waals surface area contributed by atoms with Crippen molar-refractivity contribution in [3.05, 3.63) is 23.8 Å². The van der Waals surface area contributed by atoms with Gasteiger partial charge in [0.25, 0.3) is 0 Å². The van der Waals surface area contributed by atoms with Gasteiger partial charge >= 0.3 is 6.09 Å². The van der Waals surface area contributed by atoms with E-state index < -0.39 is 21.7 Å². The topological polar surface area (TPSA) is 84.9 Å². The Hall–Kier alpha value is -1.80. The minimum Gasteiger partial charge on any atom is -0.494 e. The first-order valence-electron chi connectivity index (χ1n) is 9.76. The number of benzene rings is 1. The number of amides is 1. The molecule has 0 radical (unpaired) electrons. The van der Waals surface area contributed by atoms with Crippen LogP contribution in [0.4, 0.5) is 4.79 Å². The largest absolute Gasteiger partial charge is 0.494 e. The van der Waals surface area contributed by atoms with Crippen LogP contribution < -0.4 is 10.1 Å². The highest BCUT2D eigenvalue weighted by Crippen LogP contribution is 2.28. The lowest BCUT2D eigenvalue weighted by Gasteiger charge is -2.35. The molecule has 8 heteroatoms. The summed E-state index contributed by atoms with van der Waals surface area (Å²) in [7, 11) is -3.66. The zero-order valence-corrected chi connectivity index (χ0v) is 18.3. The fourth-order valence-corrected chi connectivity index (χ4v) is 5.02. The number of sulfonamides is 1. The van der Waals surface area contributed by atoms with Crippen LogP contribution in [0.15, 0.2) is 23.1 Å². The number of nitrogens with one attached hydrogen (secondary N) is 1. The maximum atomic E-state index is 13.2. The molecule has 1 aliphatic heterocycles. The Morgan fingerprint density at radius 3 is 2.61 bits per heavy atom. The van der Waals surface area contributed by atoms with Crippen molar-refractivity contribution in [2.75, 3.05) is 19.7 Å². The van der Waals surface area contributed by atoms with Crippen LogP contribution in [-0.4, -0.2) is 50.2 Å². The van der Waals surface area contributed by atoms with Gasteiger partial charge in [0, 0.05) is 19.1 Å². The molecular formula is C20H32N2O5S. The molecule has 28 heavy (non-hydrogen) atoms. The molecule has 1 atom stereocenters. The Labute approximate surface area is 168 Å². The SMILES string of the molecule is CCOc1ccc(S(=O)(=O)N2CCCC[C@H]2CNC(=O)OC(C)(C)C)cc1C. The lowest BCUT2D eigenvalue weighted by Crippen LogP contribution is -2.49. The Morgan fingerprint density at radius 2 is 2.00 bits per heavy atom. The van der Waals surface area contributed by atoms with Gasteiger partial charge in [0.15, 0.2) is 0 Å². The van der Waals surface area contributed by atoms with Gasteiger partial charge in [-0.2, -0.15) is 4.31 Å². The summed E-state index contributed by atoms with van der Waals surface area (Å²) >= 11 is 0. The number of carbonyl (C=O) groups is 1. The monoisotopic (exact) mass is 412 g/mol. The van der Waals surface area contributed by atoms with E-state index in [9.17, 15) is 13.2 Å².